The van der Waals surface area contributed by atoms with Gasteiger partial charge in [-0.05, 0) is 31.4 Å². The molecule has 1 aliphatic heterocycles. The molecule has 2 N–H and O–H groups in total. The van der Waals surface area contributed by atoms with Crippen molar-refractivity contribution in [2.24, 2.45) is 0 Å². The molecule has 0 radical (unpaired) electrons. The van der Waals surface area contributed by atoms with Crippen LogP contribution in [0.15, 0.2) is 36.8 Å². The van der Waals surface area contributed by atoms with Crippen LogP contribution in [0.2, 0.25) is 0 Å². The number of hydrogen-bond donors (Lipinski definition) is 2. The first kappa shape index (κ1) is 21.9. The number of rotatable bonds is 5. The van der Waals surface area contributed by atoms with Gasteiger partial charge >= 0.3 is 0 Å². The second kappa shape index (κ2) is 8.26. The molecule has 1 saturated carbocycles. The van der Waals surface area contributed by atoms with E-state index in [1.807, 2.05) is 18.2 Å². The molecule has 1 unspecified atom stereocenters. The Labute approximate surface area is 199 Å². The number of pyridine rings is 1. The molecule has 182 valence electrons. The van der Waals surface area contributed by atoms with Crippen molar-refractivity contribution in [2.75, 3.05) is 25.6 Å². The third-order valence-electron chi connectivity index (χ3n) is 7.00. The van der Waals surface area contributed by atoms with Gasteiger partial charge in [-0.25, -0.2) is 18.7 Å². The van der Waals surface area contributed by atoms with Gasteiger partial charge in [0.15, 0.2) is 5.65 Å². The summed E-state index contributed by atoms with van der Waals surface area (Å²) in [6.07, 6.45) is 7.01. The normalized spacial score (nSPS) is 20.1. The van der Waals surface area contributed by atoms with Crippen molar-refractivity contribution < 1.29 is 18.3 Å². The smallest absolute Gasteiger partial charge is 0.267 e. The fourth-order valence-corrected chi connectivity index (χ4v) is 4.89. The zero-order valence-corrected chi connectivity index (χ0v) is 19.2. The van der Waals surface area contributed by atoms with Gasteiger partial charge in [-0.1, -0.05) is 0 Å². The maximum absolute atomic E-state index is 13.7. The molecule has 11 heteroatoms. The second-order valence-corrected chi connectivity index (χ2v) is 9.06. The molecule has 4 aromatic heterocycles. The minimum atomic E-state index is -2.88. The molecule has 5 heterocycles. The number of fused-ring (bicyclic) bond motifs is 2. The van der Waals surface area contributed by atoms with Crippen LogP contribution < -0.4 is 10.6 Å². The van der Waals surface area contributed by atoms with Gasteiger partial charge in [0, 0.05) is 62.1 Å². The number of amides is 1. The number of carbonyl (C=O) groups excluding carboxylic acids is 1. The third kappa shape index (κ3) is 3.61. The first-order chi connectivity index (χ1) is 17.0. The fourth-order valence-electron chi connectivity index (χ4n) is 4.89. The van der Waals surface area contributed by atoms with Crippen molar-refractivity contribution in [3.05, 3.63) is 42.4 Å². The number of hydrogen-bond acceptors (Lipinski definition) is 6. The molecule has 1 atom stereocenters. The zero-order chi connectivity index (χ0) is 24.2. The summed E-state index contributed by atoms with van der Waals surface area (Å²) in [5.74, 6) is -2.87. The molecule has 1 saturated heterocycles. The van der Waals surface area contributed by atoms with Gasteiger partial charge in [-0.15, -0.1) is 0 Å². The van der Waals surface area contributed by atoms with Crippen LogP contribution in [0.5, 0.6) is 0 Å². The van der Waals surface area contributed by atoms with Gasteiger partial charge in [0.05, 0.1) is 17.9 Å². The monoisotopic (exact) mass is 481 g/mol. The summed E-state index contributed by atoms with van der Waals surface area (Å²) in [5, 5.41) is 10.8. The predicted molar refractivity (Wildman–Crippen MR) is 126 cm³/mol. The van der Waals surface area contributed by atoms with Crippen LogP contribution in [0, 0.1) is 0 Å². The Morgan fingerprint density at radius 2 is 2.06 bits per heavy atom. The Hall–Kier alpha value is -3.60. The van der Waals surface area contributed by atoms with Crippen LogP contribution in [-0.4, -0.2) is 62.3 Å². The lowest BCUT2D eigenvalue weighted by atomic mass is 9.88. The Kier molecular flexibility index (Phi) is 5.17. The molecule has 0 bridgehead atoms. The van der Waals surface area contributed by atoms with Crippen molar-refractivity contribution in [1.82, 2.24) is 29.5 Å². The summed E-state index contributed by atoms with van der Waals surface area (Å²) >= 11 is 0. The summed E-state index contributed by atoms with van der Waals surface area (Å²) < 4.78 is 36.7. The Balaban J connectivity index is 1.45. The summed E-state index contributed by atoms with van der Waals surface area (Å²) in [5.41, 5.74) is 2.81. The van der Waals surface area contributed by atoms with E-state index in [0.717, 1.165) is 29.4 Å². The molecular weight excluding hydrogens is 456 g/mol. The largest absolute Gasteiger partial charge is 0.381 e. The highest BCUT2D eigenvalue weighted by atomic mass is 19.3. The average Bonchev–Trinajstić information content (AvgIpc) is 3.48. The van der Waals surface area contributed by atoms with E-state index in [4.69, 9.17) is 9.72 Å². The number of aromatic nitrogens is 5. The van der Waals surface area contributed by atoms with Gasteiger partial charge in [0.2, 0.25) is 0 Å². The molecule has 0 spiro atoms. The zero-order valence-electron chi connectivity index (χ0n) is 19.2. The van der Waals surface area contributed by atoms with E-state index in [2.05, 4.69) is 31.5 Å². The summed E-state index contributed by atoms with van der Waals surface area (Å²) in [6, 6.07) is 4.84. The lowest BCUT2D eigenvalue weighted by Gasteiger charge is -2.36. The van der Waals surface area contributed by atoms with E-state index in [0.29, 0.717) is 30.4 Å². The van der Waals surface area contributed by atoms with Crippen LogP contribution in [0.3, 0.4) is 0 Å². The van der Waals surface area contributed by atoms with Crippen molar-refractivity contribution in [3.8, 4) is 11.3 Å². The lowest BCUT2D eigenvalue weighted by Crippen LogP contribution is -2.55. The minimum absolute atomic E-state index is 0.150. The average molecular weight is 482 g/mol. The molecule has 6 rings (SSSR count). The van der Waals surface area contributed by atoms with E-state index >= 15 is 0 Å². The number of alkyl halides is 2. The molecule has 9 nitrogen and oxygen atoms in total. The first-order valence-electron chi connectivity index (χ1n) is 11.7. The van der Waals surface area contributed by atoms with E-state index < -0.39 is 17.9 Å². The van der Waals surface area contributed by atoms with Gasteiger partial charge in [0.25, 0.3) is 11.8 Å². The number of carbonyl (C=O) groups is 1. The summed E-state index contributed by atoms with van der Waals surface area (Å²) in [6.45, 7) is 1.41. The lowest BCUT2D eigenvalue weighted by molar-refractivity contribution is -0.102. The van der Waals surface area contributed by atoms with Gasteiger partial charge in [0.1, 0.15) is 17.0 Å². The van der Waals surface area contributed by atoms with Crippen molar-refractivity contribution in [1.29, 1.82) is 0 Å². The van der Waals surface area contributed by atoms with Crippen molar-refractivity contribution in [3.63, 3.8) is 0 Å². The number of ether oxygens (including phenoxy) is 1. The van der Waals surface area contributed by atoms with E-state index in [1.54, 1.807) is 13.2 Å². The molecular formula is C24H25F2N7O2. The SMILES string of the molecule is CNc1cc(-c2cn(C3CCOCC3)c3ncccc23)nc2c(C(=O)NC3CCC3(F)F)cnn12. The van der Waals surface area contributed by atoms with Crippen LogP contribution in [0.4, 0.5) is 14.6 Å². The van der Waals surface area contributed by atoms with Gasteiger partial charge in [-0.2, -0.15) is 9.61 Å². The van der Waals surface area contributed by atoms with E-state index in [9.17, 15) is 13.6 Å². The summed E-state index contributed by atoms with van der Waals surface area (Å²) in [4.78, 5) is 22.3. The molecule has 4 aromatic rings. The predicted octanol–water partition coefficient (Wildman–Crippen LogP) is 3.67. The van der Waals surface area contributed by atoms with Crippen LogP contribution in [0.25, 0.3) is 27.9 Å². The Morgan fingerprint density at radius 1 is 1.23 bits per heavy atom. The highest BCUT2D eigenvalue weighted by molar-refractivity contribution is 6.01. The third-order valence-corrected chi connectivity index (χ3v) is 7.00. The molecule has 1 amide bonds. The molecule has 2 aliphatic rings. The number of anilines is 1. The summed E-state index contributed by atoms with van der Waals surface area (Å²) in [7, 11) is 1.75. The number of halogens is 2. The van der Waals surface area contributed by atoms with Crippen LogP contribution in [0.1, 0.15) is 42.1 Å². The topological polar surface area (TPSA) is 98.4 Å². The maximum atomic E-state index is 13.7. The second-order valence-electron chi connectivity index (χ2n) is 9.06. The molecule has 35 heavy (non-hydrogen) atoms. The molecule has 1 aliphatic carbocycles. The van der Waals surface area contributed by atoms with Crippen LogP contribution >= 0.6 is 0 Å². The fraction of sp³-hybridized carbons (Fsp3) is 0.417. The van der Waals surface area contributed by atoms with Crippen molar-refractivity contribution in [2.45, 2.75) is 43.7 Å². The van der Waals surface area contributed by atoms with Gasteiger partial charge < -0.3 is 19.9 Å². The van der Waals surface area contributed by atoms with Gasteiger partial charge in [-0.3, -0.25) is 4.79 Å². The minimum Gasteiger partial charge on any atom is -0.381 e. The number of nitrogens with one attached hydrogen (secondary N) is 2. The Morgan fingerprint density at radius 3 is 2.77 bits per heavy atom. The standard InChI is InChI=1S/C24H25F2N7O2/c1-27-20-11-18(17-13-32(14-5-9-35-10-6-14)21-15(17)3-2-8-28-21)30-22-16(12-29-33(20)22)23(34)31-19-4-7-24(19,25)26/h2-3,8,11-14,19,27H,4-7,9-10H2,1H3,(H,31,34). The quantitative estimate of drug-likeness (QED) is 0.452. The highest BCUT2D eigenvalue weighted by Crippen LogP contribution is 2.38. The first-order valence-corrected chi connectivity index (χ1v) is 11.7. The highest BCUT2D eigenvalue weighted by Gasteiger charge is 2.49. The Bertz CT molecular complexity index is 1420. The van der Waals surface area contributed by atoms with E-state index in [-0.39, 0.29) is 24.4 Å². The van der Waals surface area contributed by atoms with Crippen LogP contribution in [-0.2, 0) is 4.74 Å². The molecule has 2 fully saturated rings. The molecule has 0 aromatic carbocycles. The van der Waals surface area contributed by atoms with E-state index in [1.165, 1.54) is 10.7 Å². The number of nitrogens with zero attached hydrogens (tertiary/aromatic N) is 5. The maximum Gasteiger partial charge on any atom is 0.267 e. The van der Waals surface area contributed by atoms with Crippen molar-refractivity contribution >= 4 is 28.4 Å².